The van der Waals surface area contributed by atoms with E-state index in [-0.39, 0.29) is 24.6 Å². The zero-order chi connectivity index (χ0) is 16.2. The fourth-order valence-electron chi connectivity index (χ4n) is 2.34. The summed E-state index contributed by atoms with van der Waals surface area (Å²) in [6.07, 6.45) is 4.55. The topological polar surface area (TPSA) is 106 Å². The lowest BCUT2D eigenvalue weighted by Crippen LogP contribution is -2.49. The second-order valence-corrected chi connectivity index (χ2v) is 5.81. The Morgan fingerprint density at radius 2 is 2.30 bits per heavy atom. The van der Waals surface area contributed by atoms with Crippen molar-refractivity contribution in [2.75, 3.05) is 19.8 Å². The molecule has 8 nitrogen and oxygen atoms in total. The van der Waals surface area contributed by atoms with Gasteiger partial charge in [0.2, 0.25) is 0 Å². The molecule has 3 rings (SSSR count). The van der Waals surface area contributed by atoms with Crippen molar-refractivity contribution in [2.45, 2.75) is 12.5 Å². The first kappa shape index (κ1) is 15.5. The van der Waals surface area contributed by atoms with Gasteiger partial charge in [0.05, 0.1) is 31.9 Å². The first-order valence-corrected chi connectivity index (χ1v) is 7.85. The van der Waals surface area contributed by atoms with Gasteiger partial charge in [0.25, 0.3) is 5.91 Å². The molecule has 0 saturated carbocycles. The van der Waals surface area contributed by atoms with Crippen molar-refractivity contribution in [3.8, 4) is 10.7 Å². The average Bonchev–Trinajstić information content (AvgIpc) is 3.05. The summed E-state index contributed by atoms with van der Waals surface area (Å²) in [5.41, 5.74) is 0.883. The standard InChI is InChI=1S/C14H14N4O4S/c19-12(20)5-9-7-22-4-3-18(9)14(21)11-8-23-13(17-11)10-6-15-1-2-16-10/h1-2,6,8-9H,3-5,7H2,(H,19,20). The summed E-state index contributed by atoms with van der Waals surface area (Å²) in [4.78, 5) is 37.5. The van der Waals surface area contributed by atoms with Gasteiger partial charge < -0.3 is 14.7 Å². The minimum Gasteiger partial charge on any atom is -0.481 e. The number of aliphatic carboxylic acids is 1. The Morgan fingerprint density at radius 3 is 3.04 bits per heavy atom. The van der Waals surface area contributed by atoms with Crippen molar-refractivity contribution in [2.24, 2.45) is 0 Å². The molecule has 9 heteroatoms. The third kappa shape index (κ3) is 3.51. The molecule has 0 bridgehead atoms. The van der Waals surface area contributed by atoms with Crippen molar-refractivity contribution in [3.63, 3.8) is 0 Å². The van der Waals surface area contributed by atoms with Crippen LogP contribution in [0, 0.1) is 0 Å². The first-order chi connectivity index (χ1) is 11.1. The Bertz CT molecular complexity index is 706. The Morgan fingerprint density at radius 1 is 1.43 bits per heavy atom. The molecule has 2 aromatic heterocycles. The zero-order valence-electron chi connectivity index (χ0n) is 12.1. The maximum absolute atomic E-state index is 12.6. The number of hydrogen-bond acceptors (Lipinski definition) is 7. The van der Waals surface area contributed by atoms with Gasteiger partial charge >= 0.3 is 5.97 Å². The molecule has 3 heterocycles. The monoisotopic (exact) mass is 334 g/mol. The van der Waals surface area contributed by atoms with Crippen molar-refractivity contribution in [3.05, 3.63) is 29.7 Å². The second kappa shape index (κ2) is 6.80. The van der Waals surface area contributed by atoms with E-state index >= 15 is 0 Å². The summed E-state index contributed by atoms with van der Waals surface area (Å²) in [7, 11) is 0. The van der Waals surface area contributed by atoms with Gasteiger partial charge in [0.1, 0.15) is 16.4 Å². The third-order valence-corrected chi connectivity index (χ3v) is 4.27. The molecule has 1 atom stereocenters. The molecule has 0 aromatic carbocycles. The molecule has 0 radical (unpaired) electrons. The fourth-order valence-corrected chi connectivity index (χ4v) is 3.09. The molecule has 1 aliphatic heterocycles. The summed E-state index contributed by atoms with van der Waals surface area (Å²) in [6, 6.07) is -0.476. The number of aromatic nitrogens is 3. The molecule has 1 saturated heterocycles. The molecule has 0 aliphatic carbocycles. The number of carbonyl (C=O) groups excluding carboxylic acids is 1. The van der Waals surface area contributed by atoms with Gasteiger partial charge in [-0.15, -0.1) is 11.3 Å². The number of morpholine rings is 1. The van der Waals surface area contributed by atoms with Gasteiger partial charge in [-0.3, -0.25) is 19.6 Å². The van der Waals surface area contributed by atoms with Crippen molar-refractivity contribution in [1.82, 2.24) is 19.9 Å². The third-order valence-electron chi connectivity index (χ3n) is 3.40. The number of amides is 1. The Kier molecular flexibility index (Phi) is 4.58. The molecule has 1 fully saturated rings. The number of carboxylic acid groups (broad SMARTS) is 1. The summed E-state index contributed by atoms with van der Waals surface area (Å²) < 4.78 is 5.28. The zero-order valence-corrected chi connectivity index (χ0v) is 12.9. The highest BCUT2D eigenvalue weighted by atomic mass is 32.1. The predicted octanol–water partition coefficient (Wildman–Crippen LogP) is 0.916. The molecule has 1 N–H and O–H groups in total. The lowest BCUT2D eigenvalue weighted by atomic mass is 10.1. The molecular weight excluding hydrogens is 320 g/mol. The van der Waals surface area contributed by atoms with Gasteiger partial charge in [-0.05, 0) is 0 Å². The maximum Gasteiger partial charge on any atom is 0.305 e. The van der Waals surface area contributed by atoms with Crippen LogP contribution in [0.2, 0.25) is 0 Å². The van der Waals surface area contributed by atoms with E-state index in [1.54, 1.807) is 24.0 Å². The minimum absolute atomic E-state index is 0.146. The number of nitrogens with zero attached hydrogens (tertiary/aromatic N) is 4. The second-order valence-electron chi connectivity index (χ2n) is 4.95. The van der Waals surface area contributed by atoms with Gasteiger partial charge in [0, 0.05) is 24.3 Å². The fraction of sp³-hybridized carbons (Fsp3) is 0.357. The van der Waals surface area contributed by atoms with Crippen LogP contribution in [0.1, 0.15) is 16.9 Å². The van der Waals surface area contributed by atoms with E-state index in [9.17, 15) is 9.59 Å². The van der Waals surface area contributed by atoms with E-state index < -0.39 is 12.0 Å². The van der Waals surface area contributed by atoms with E-state index in [1.165, 1.54) is 16.2 Å². The molecule has 0 spiro atoms. The molecular formula is C14H14N4O4S. The number of ether oxygens (including phenoxy) is 1. The van der Waals surface area contributed by atoms with Crippen molar-refractivity contribution >= 4 is 23.2 Å². The van der Waals surface area contributed by atoms with Crippen LogP contribution in [-0.4, -0.2) is 62.6 Å². The summed E-state index contributed by atoms with van der Waals surface area (Å²) in [6.45, 7) is 0.969. The van der Waals surface area contributed by atoms with Crippen LogP contribution >= 0.6 is 11.3 Å². The van der Waals surface area contributed by atoms with E-state index in [4.69, 9.17) is 9.84 Å². The van der Waals surface area contributed by atoms with Crippen LogP contribution in [0.3, 0.4) is 0 Å². The molecule has 120 valence electrons. The molecule has 2 aromatic rings. The van der Waals surface area contributed by atoms with E-state index in [0.29, 0.717) is 23.9 Å². The Balaban J connectivity index is 1.79. The van der Waals surface area contributed by atoms with Crippen LogP contribution in [0.5, 0.6) is 0 Å². The van der Waals surface area contributed by atoms with Gasteiger partial charge in [-0.25, -0.2) is 4.98 Å². The normalized spacial score (nSPS) is 17.9. The predicted molar refractivity (Wildman–Crippen MR) is 81.0 cm³/mol. The number of thiazole rings is 1. The highest BCUT2D eigenvalue weighted by Crippen LogP contribution is 2.23. The summed E-state index contributed by atoms with van der Waals surface area (Å²) in [5.74, 6) is -1.25. The summed E-state index contributed by atoms with van der Waals surface area (Å²) in [5, 5.41) is 11.2. The lowest BCUT2D eigenvalue weighted by Gasteiger charge is -2.34. The largest absolute Gasteiger partial charge is 0.481 e. The number of rotatable bonds is 4. The van der Waals surface area contributed by atoms with E-state index in [2.05, 4.69) is 15.0 Å². The smallest absolute Gasteiger partial charge is 0.305 e. The average molecular weight is 334 g/mol. The lowest BCUT2D eigenvalue weighted by molar-refractivity contribution is -0.139. The van der Waals surface area contributed by atoms with Crippen LogP contribution in [-0.2, 0) is 9.53 Å². The first-order valence-electron chi connectivity index (χ1n) is 6.97. The van der Waals surface area contributed by atoms with Crippen LogP contribution in [0.4, 0.5) is 0 Å². The quantitative estimate of drug-likeness (QED) is 0.886. The summed E-state index contributed by atoms with van der Waals surface area (Å²) >= 11 is 1.30. The van der Waals surface area contributed by atoms with Crippen LogP contribution in [0.15, 0.2) is 24.0 Å². The van der Waals surface area contributed by atoms with Crippen molar-refractivity contribution < 1.29 is 19.4 Å². The van der Waals surface area contributed by atoms with Crippen LogP contribution < -0.4 is 0 Å². The van der Waals surface area contributed by atoms with Crippen molar-refractivity contribution in [1.29, 1.82) is 0 Å². The van der Waals surface area contributed by atoms with Crippen LogP contribution in [0.25, 0.3) is 10.7 Å². The van der Waals surface area contributed by atoms with Gasteiger partial charge in [-0.2, -0.15) is 0 Å². The van der Waals surface area contributed by atoms with Gasteiger partial charge in [-0.1, -0.05) is 0 Å². The minimum atomic E-state index is -0.961. The Labute approximate surface area is 135 Å². The number of hydrogen-bond donors (Lipinski definition) is 1. The van der Waals surface area contributed by atoms with E-state index in [1.807, 2.05) is 0 Å². The number of carbonyl (C=O) groups is 2. The number of carboxylic acids is 1. The SMILES string of the molecule is O=C(O)CC1COCCN1C(=O)c1csc(-c2cnccn2)n1. The van der Waals surface area contributed by atoms with Gasteiger partial charge in [0.15, 0.2) is 0 Å². The molecule has 23 heavy (non-hydrogen) atoms. The molecule has 1 unspecified atom stereocenters. The van der Waals surface area contributed by atoms with E-state index in [0.717, 1.165) is 0 Å². The maximum atomic E-state index is 12.6. The molecule has 1 amide bonds. The Hall–Kier alpha value is -2.39. The highest BCUT2D eigenvalue weighted by Gasteiger charge is 2.31. The molecule has 1 aliphatic rings. The highest BCUT2D eigenvalue weighted by molar-refractivity contribution is 7.13.